The summed E-state index contributed by atoms with van der Waals surface area (Å²) in [5.41, 5.74) is 2.46. The molecular weight excluding hydrogens is 340 g/mol. The number of nitrogens with zero attached hydrogens (tertiary/aromatic N) is 1. The quantitative estimate of drug-likeness (QED) is 0.750. The summed E-state index contributed by atoms with van der Waals surface area (Å²) in [4.78, 5) is 24.7. The third-order valence-electron chi connectivity index (χ3n) is 4.11. The molecule has 1 N–H and O–H groups in total. The highest BCUT2D eigenvalue weighted by Gasteiger charge is 2.18. The van der Waals surface area contributed by atoms with Crippen molar-refractivity contribution in [2.24, 2.45) is 0 Å². The lowest BCUT2D eigenvalue weighted by Gasteiger charge is -2.09. The van der Waals surface area contributed by atoms with Crippen molar-refractivity contribution in [3.8, 4) is 5.75 Å². The van der Waals surface area contributed by atoms with E-state index >= 15 is 0 Å². The number of aromatic nitrogens is 1. The average molecular weight is 357 g/mol. The number of ether oxygens (including phenoxy) is 1. The first-order valence-corrected chi connectivity index (χ1v) is 8.06. The zero-order valence-electron chi connectivity index (χ0n) is 14.1. The van der Waals surface area contributed by atoms with E-state index in [-0.39, 0.29) is 11.8 Å². The molecule has 128 valence electrons. The highest BCUT2D eigenvalue weighted by molar-refractivity contribution is 6.31. The van der Waals surface area contributed by atoms with Crippen molar-refractivity contribution in [1.82, 2.24) is 4.57 Å². The van der Waals surface area contributed by atoms with Crippen LogP contribution in [0.5, 0.6) is 5.75 Å². The maximum Gasteiger partial charge on any atom is 0.257 e. The Bertz CT molecular complexity index is 992. The van der Waals surface area contributed by atoms with Crippen molar-refractivity contribution in [1.29, 1.82) is 0 Å². The van der Waals surface area contributed by atoms with Crippen LogP contribution in [0.4, 0.5) is 5.69 Å². The average Bonchev–Trinajstić information content (AvgIpc) is 2.98. The molecule has 1 amide bonds. The number of benzene rings is 2. The number of anilines is 1. The van der Waals surface area contributed by atoms with Crippen LogP contribution in [-0.2, 0) is 0 Å². The maximum absolute atomic E-state index is 12.8. The molecule has 3 rings (SSSR count). The number of hydrogen-bond donors (Lipinski definition) is 1. The molecule has 0 bridgehead atoms. The maximum atomic E-state index is 12.8. The number of carbonyl (C=O) groups excluding carboxylic acids is 2. The van der Waals surface area contributed by atoms with Crippen LogP contribution >= 0.6 is 11.6 Å². The molecule has 6 heteroatoms. The van der Waals surface area contributed by atoms with Gasteiger partial charge in [-0.25, -0.2) is 0 Å². The molecule has 0 spiro atoms. The Balaban J connectivity index is 2.09. The molecule has 0 aliphatic heterocycles. The fraction of sp³-hybridized carbons (Fsp3) is 0.158. The predicted octanol–water partition coefficient (Wildman–Crippen LogP) is 4.52. The largest absolute Gasteiger partial charge is 0.497 e. The Hall–Kier alpha value is -2.79. The summed E-state index contributed by atoms with van der Waals surface area (Å²) in [5, 5.41) is 4.08. The van der Waals surface area contributed by atoms with Gasteiger partial charge in [0.25, 0.3) is 5.91 Å². The fourth-order valence-corrected chi connectivity index (χ4v) is 2.88. The molecule has 0 unspecified atom stereocenters. The Morgan fingerprint density at radius 2 is 1.96 bits per heavy atom. The third-order valence-corrected chi connectivity index (χ3v) is 4.52. The van der Waals surface area contributed by atoms with Gasteiger partial charge < -0.3 is 10.1 Å². The molecule has 0 saturated heterocycles. The van der Waals surface area contributed by atoms with Crippen LogP contribution in [0.2, 0.25) is 5.02 Å². The van der Waals surface area contributed by atoms with Gasteiger partial charge in [0.05, 0.1) is 18.2 Å². The van der Waals surface area contributed by atoms with E-state index in [2.05, 4.69) is 5.32 Å². The van der Waals surface area contributed by atoms with Gasteiger partial charge in [-0.1, -0.05) is 17.7 Å². The molecule has 0 saturated carbocycles. The summed E-state index contributed by atoms with van der Waals surface area (Å²) in [5.74, 6) is 0.124. The summed E-state index contributed by atoms with van der Waals surface area (Å²) >= 11 is 6.11. The molecule has 5 nitrogen and oxygen atoms in total. The van der Waals surface area contributed by atoms with Crippen molar-refractivity contribution in [2.75, 3.05) is 12.4 Å². The lowest BCUT2D eigenvalue weighted by atomic mass is 10.1. The van der Waals surface area contributed by atoms with E-state index in [9.17, 15) is 9.59 Å². The second-order valence-corrected chi connectivity index (χ2v) is 6.09. The molecule has 2 aromatic carbocycles. The number of methoxy groups -OCH3 is 1. The summed E-state index contributed by atoms with van der Waals surface area (Å²) in [6, 6.07) is 10.6. The molecule has 0 atom stereocenters. The smallest absolute Gasteiger partial charge is 0.257 e. The minimum Gasteiger partial charge on any atom is -0.497 e. The minimum absolute atomic E-state index is 0.173. The predicted molar refractivity (Wildman–Crippen MR) is 98.9 cm³/mol. The number of halogens is 1. The number of fused-ring (bicyclic) bond motifs is 1. The molecule has 0 aliphatic rings. The molecule has 0 radical (unpaired) electrons. The standard InChI is InChI=1S/C19H17ClN2O3/c1-11-16(20)5-4-6-17(11)21-19(24)15-10-22(12(2)23)18-8-7-13(25-3)9-14(15)18/h4-10H,1-3H3,(H,21,24). The number of amides is 1. The lowest BCUT2D eigenvalue weighted by Crippen LogP contribution is -2.13. The minimum atomic E-state index is -0.316. The highest BCUT2D eigenvalue weighted by atomic mass is 35.5. The molecular formula is C19H17ClN2O3. The summed E-state index contributed by atoms with van der Waals surface area (Å²) in [6.45, 7) is 3.28. The van der Waals surface area contributed by atoms with Gasteiger partial charge in [-0.15, -0.1) is 0 Å². The Morgan fingerprint density at radius 1 is 1.20 bits per heavy atom. The summed E-state index contributed by atoms with van der Waals surface area (Å²) < 4.78 is 6.69. The molecule has 1 heterocycles. The Kier molecular flexibility index (Phi) is 4.51. The first-order chi connectivity index (χ1) is 11.9. The third kappa shape index (κ3) is 3.10. The molecule has 1 aromatic heterocycles. The second kappa shape index (κ2) is 6.61. The van der Waals surface area contributed by atoms with Gasteiger partial charge in [0.2, 0.25) is 5.91 Å². The van der Waals surface area contributed by atoms with Gasteiger partial charge in [-0.05, 0) is 42.8 Å². The van der Waals surface area contributed by atoms with Crippen LogP contribution < -0.4 is 10.1 Å². The zero-order valence-corrected chi connectivity index (χ0v) is 14.8. The van der Waals surface area contributed by atoms with Gasteiger partial charge in [-0.3, -0.25) is 14.2 Å². The lowest BCUT2D eigenvalue weighted by molar-refractivity contribution is 0.0941. The summed E-state index contributed by atoms with van der Waals surface area (Å²) in [6.07, 6.45) is 1.54. The molecule has 3 aromatic rings. The Morgan fingerprint density at radius 3 is 2.64 bits per heavy atom. The van der Waals surface area contributed by atoms with E-state index in [0.717, 1.165) is 5.56 Å². The van der Waals surface area contributed by atoms with Gasteiger partial charge in [0.1, 0.15) is 5.75 Å². The Labute approximate surface area is 150 Å². The first kappa shape index (κ1) is 17.0. The van der Waals surface area contributed by atoms with Crippen LogP contribution in [0.1, 0.15) is 27.6 Å². The van der Waals surface area contributed by atoms with Crippen LogP contribution in [0.15, 0.2) is 42.6 Å². The number of nitrogens with one attached hydrogen (secondary N) is 1. The van der Waals surface area contributed by atoms with E-state index in [1.165, 1.54) is 11.5 Å². The van der Waals surface area contributed by atoms with Crippen molar-refractivity contribution < 1.29 is 14.3 Å². The van der Waals surface area contributed by atoms with Crippen molar-refractivity contribution >= 4 is 40.0 Å². The van der Waals surface area contributed by atoms with Gasteiger partial charge in [-0.2, -0.15) is 0 Å². The van der Waals surface area contributed by atoms with Crippen LogP contribution in [-0.4, -0.2) is 23.5 Å². The number of hydrogen-bond acceptors (Lipinski definition) is 3. The van der Waals surface area contributed by atoms with Gasteiger partial charge in [0.15, 0.2) is 0 Å². The highest BCUT2D eigenvalue weighted by Crippen LogP contribution is 2.28. The van der Waals surface area contributed by atoms with Gasteiger partial charge >= 0.3 is 0 Å². The van der Waals surface area contributed by atoms with E-state index in [1.54, 1.807) is 49.7 Å². The van der Waals surface area contributed by atoms with E-state index in [1.807, 2.05) is 6.92 Å². The van der Waals surface area contributed by atoms with Crippen molar-refractivity contribution in [3.05, 3.63) is 58.7 Å². The van der Waals surface area contributed by atoms with Crippen LogP contribution in [0, 0.1) is 6.92 Å². The van der Waals surface area contributed by atoms with Crippen LogP contribution in [0.25, 0.3) is 10.9 Å². The number of rotatable bonds is 3. The topological polar surface area (TPSA) is 60.3 Å². The molecule has 0 fully saturated rings. The summed E-state index contributed by atoms with van der Waals surface area (Å²) in [7, 11) is 1.55. The zero-order chi connectivity index (χ0) is 18.1. The first-order valence-electron chi connectivity index (χ1n) is 7.69. The fourth-order valence-electron chi connectivity index (χ4n) is 2.71. The van der Waals surface area contributed by atoms with Crippen LogP contribution in [0.3, 0.4) is 0 Å². The van der Waals surface area contributed by atoms with E-state index in [0.29, 0.717) is 32.9 Å². The normalized spacial score (nSPS) is 10.7. The van der Waals surface area contributed by atoms with E-state index < -0.39 is 0 Å². The second-order valence-electron chi connectivity index (χ2n) is 5.68. The molecule has 0 aliphatic carbocycles. The van der Waals surface area contributed by atoms with Crippen molar-refractivity contribution in [2.45, 2.75) is 13.8 Å². The van der Waals surface area contributed by atoms with Crippen molar-refractivity contribution in [3.63, 3.8) is 0 Å². The monoisotopic (exact) mass is 356 g/mol. The van der Waals surface area contributed by atoms with Gasteiger partial charge in [0, 0.05) is 29.2 Å². The van der Waals surface area contributed by atoms with E-state index in [4.69, 9.17) is 16.3 Å². The molecule has 25 heavy (non-hydrogen) atoms. The number of carbonyl (C=O) groups is 2. The SMILES string of the molecule is COc1ccc2c(c1)c(C(=O)Nc1cccc(Cl)c1C)cn2C(C)=O.